The molecule has 0 fully saturated rings. The van der Waals surface area contributed by atoms with Gasteiger partial charge >= 0.3 is 0 Å². The number of aromatic nitrogens is 1. The molecule has 0 amide bonds. The zero-order valence-electron chi connectivity index (χ0n) is 6.14. The Labute approximate surface area is 68.1 Å². The summed E-state index contributed by atoms with van der Waals surface area (Å²) >= 11 is 0. The lowest BCUT2D eigenvalue weighted by molar-refractivity contribution is 0.322. The second-order valence-corrected chi connectivity index (χ2v) is 2.37. The monoisotopic (exact) mass is 162 g/mol. The highest BCUT2D eigenvalue weighted by atomic mass is 16.5. The van der Waals surface area contributed by atoms with Gasteiger partial charge in [-0.1, -0.05) is 10.3 Å². The van der Waals surface area contributed by atoms with Crippen LogP contribution in [0, 0.1) is 0 Å². The molecule has 0 unspecified atom stereocenters. The number of rotatable bonds is 1. The zero-order chi connectivity index (χ0) is 8.39. The first kappa shape index (κ1) is 6.84. The maximum absolute atomic E-state index is 8.27. The molecule has 0 aliphatic rings. The van der Waals surface area contributed by atoms with Gasteiger partial charge in [0.25, 0.3) is 0 Å². The average Bonchev–Trinajstić information content (AvgIpc) is 2.51. The lowest BCUT2D eigenvalue weighted by atomic mass is 10.2. The van der Waals surface area contributed by atoms with Gasteiger partial charge in [0.15, 0.2) is 5.58 Å². The molecular weight excluding hydrogens is 156 g/mol. The Kier molecular flexibility index (Phi) is 1.51. The van der Waals surface area contributed by atoms with E-state index in [1.807, 2.05) is 6.07 Å². The standard InChI is InChI=1S/C8H6N2O2/c11-9-4-6-1-2-8-7(3-6)5-10-12-8/h1-5,11H/b9-4+. The maximum Gasteiger partial charge on any atom is 0.166 e. The summed E-state index contributed by atoms with van der Waals surface area (Å²) < 4.78 is 4.89. The molecule has 0 spiro atoms. The van der Waals surface area contributed by atoms with Crippen LogP contribution >= 0.6 is 0 Å². The number of benzene rings is 1. The first-order chi connectivity index (χ1) is 5.90. The third-order valence-electron chi connectivity index (χ3n) is 1.58. The van der Waals surface area contributed by atoms with E-state index in [0.717, 1.165) is 16.5 Å². The number of oxime groups is 1. The fraction of sp³-hybridized carbons (Fsp3) is 0. The van der Waals surface area contributed by atoms with Crippen LogP contribution in [0.15, 0.2) is 34.1 Å². The molecule has 0 atom stereocenters. The quantitative estimate of drug-likeness (QED) is 0.394. The smallest absolute Gasteiger partial charge is 0.166 e. The SMILES string of the molecule is O/N=C/c1ccc2oncc2c1. The van der Waals surface area contributed by atoms with Gasteiger partial charge in [-0.25, -0.2) is 0 Å². The molecule has 2 aromatic rings. The summed E-state index contributed by atoms with van der Waals surface area (Å²) in [5.74, 6) is 0. The Morgan fingerprint density at radius 1 is 1.50 bits per heavy atom. The molecule has 60 valence electrons. The average molecular weight is 162 g/mol. The second-order valence-electron chi connectivity index (χ2n) is 2.37. The van der Waals surface area contributed by atoms with Gasteiger partial charge < -0.3 is 9.73 Å². The summed E-state index contributed by atoms with van der Waals surface area (Å²) in [5, 5.41) is 15.7. The predicted octanol–water partition coefficient (Wildman–Crippen LogP) is 1.64. The van der Waals surface area contributed by atoms with E-state index in [1.165, 1.54) is 6.21 Å². The van der Waals surface area contributed by atoms with Crippen LogP contribution in [0.5, 0.6) is 0 Å². The molecule has 12 heavy (non-hydrogen) atoms. The minimum Gasteiger partial charge on any atom is -0.411 e. The summed E-state index contributed by atoms with van der Waals surface area (Å²) in [6, 6.07) is 5.39. The van der Waals surface area contributed by atoms with Crippen LogP contribution in [0.3, 0.4) is 0 Å². The highest BCUT2D eigenvalue weighted by Crippen LogP contribution is 2.13. The van der Waals surface area contributed by atoms with Gasteiger partial charge in [-0.05, 0) is 23.8 Å². The Morgan fingerprint density at radius 3 is 3.25 bits per heavy atom. The van der Waals surface area contributed by atoms with E-state index < -0.39 is 0 Å². The Balaban J connectivity index is 2.60. The molecule has 1 N–H and O–H groups in total. The summed E-state index contributed by atoms with van der Waals surface area (Å²) in [6.45, 7) is 0. The van der Waals surface area contributed by atoms with Gasteiger partial charge in [0.2, 0.25) is 0 Å². The third kappa shape index (κ3) is 1.03. The van der Waals surface area contributed by atoms with Crippen molar-refractivity contribution >= 4 is 17.2 Å². The van der Waals surface area contributed by atoms with Gasteiger partial charge in [0.05, 0.1) is 12.4 Å². The summed E-state index contributed by atoms with van der Waals surface area (Å²) in [6.07, 6.45) is 2.97. The van der Waals surface area contributed by atoms with Crippen molar-refractivity contribution in [1.29, 1.82) is 0 Å². The van der Waals surface area contributed by atoms with E-state index in [1.54, 1.807) is 18.3 Å². The van der Waals surface area contributed by atoms with Crippen LogP contribution in [-0.2, 0) is 0 Å². The number of nitrogens with zero attached hydrogens (tertiary/aromatic N) is 2. The van der Waals surface area contributed by atoms with Crippen LogP contribution < -0.4 is 0 Å². The number of hydrogen-bond donors (Lipinski definition) is 1. The second kappa shape index (κ2) is 2.65. The van der Waals surface area contributed by atoms with Crippen LogP contribution in [-0.4, -0.2) is 16.6 Å². The van der Waals surface area contributed by atoms with E-state index >= 15 is 0 Å². The molecule has 0 saturated carbocycles. The first-order valence-electron chi connectivity index (χ1n) is 3.42. The van der Waals surface area contributed by atoms with Crippen LogP contribution in [0.4, 0.5) is 0 Å². The van der Waals surface area contributed by atoms with Crippen molar-refractivity contribution in [1.82, 2.24) is 5.16 Å². The van der Waals surface area contributed by atoms with E-state index in [-0.39, 0.29) is 0 Å². The van der Waals surface area contributed by atoms with Gasteiger partial charge in [0, 0.05) is 5.39 Å². The lowest BCUT2D eigenvalue weighted by Gasteiger charge is -1.89. The Hall–Kier alpha value is -1.84. The predicted molar refractivity (Wildman–Crippen MR) is 43.4 cm³/mol. The van der Waals surface area contributed by atoms with E-state index in [2.05, 4.69) is 10.3 Å². The molecule has 1 aromatic heterocycles. The molecule has 0 saturated heterocycles. The minimum atomic E-state index is 0.727. The normalized spacial score (nSPS) is 11.3. The van der Waals surface area contributed by atoms with Crippen LogP contribution in [0.1, 0.15) is 5.56 Å². The maximum atomic E-state index is 8.27. The molecule has 1 heterocycles. The Bertz CT molecular complexity index is 420. The highest BCUT2D eigenvalue weighted by molar-refractivity contribution is 5.87. The van der Waals surface area contributed by atoms with Crippen molar-refractivity contribution in [2.45, 2.75) is 0 Å². The highest BCUT2D eigenvalue weighted by Gasteiger charge is 1.97. The van der Waals surface area contributed by atoms with Crippen LogP contribution in [0.25, 0.3) is 11.0 Å². The van der Waals surface area contributed by atoms with Crippen molar-refractivity contribution in [2.75, 3.05) is 0 Å². The van der Waals surface area contributed by atoms with Crippen molar-refractivity contribution in [2.24, 2.45) is 5.16 Å². The fourth-order valence-electron chi connectivity index (χ4n) is 1.04. The fourth-order valence-corrected chi connectivity index (χ4v) is 1.04. The van der Waals surface area contributed by atoms with E-state index in [0.29, 0.717) is 0 Å². The molecular formula is C8H6N2O2. The van der Waals surface area contributed by atoms with Gasteiger partial charge in [-0.2, -0.15) is 0 Å². The van der Waals surface area contributed by atoms with Crippen molar-refractivity contribution in [3.05, 3.63) is 30.0 Å². The molecule has 0 radical (unpaired) electrons. The summed E-state index contributed by atoms with van der Waals surface area (Å²) in [7, 11) is 0. The number of fused-ring (bicyclic) bond motifs is 1. The Morgan fingerprint density at radius 2 is 2.42 bits per heavy atom. The molecule has 0 bridgehead atoms. The third-order valence-corrected chi connectivity index (χ3v) is 1.58. The first-order valence-corrected chi connectivity index (χ1v) is 3.42. The topological polar surface area (TPSA) is 58.6 Å². The number of hydrogen-bond acceptors (Lipinski definition) is 4. The molecule has 4 nitrogen and oxygen atoms in total. The van der Waals surface area contributed by atoms with Crippen LogP contribution in [0.2, 0.25) is 0 Å². The van der Waals surface area contributed by atoms with E-state index in [4.69, 9.17) is 9.73 Å². The van der Waals surface area contributed by atoms with Gasteiger partial charge in [-0.3, -0.25) is 0 Å². The largest absolute Gasteiger partial charge is 0.411 e. The molecule has 4 heteroatoms. The summed E-state index contributed by atoms with van der Waals surface area (Å²) in [5.41, 5.74) is 1.54. The lowest BCUT2D eigenvalue weighted by Crippen LogP contribution is -1.78. The minimum absolute atomic E-state index is 0.727. The molecule has 1 aromatic carbocycles. The van der Waals surface area contributed by atoms with Gasteiger partial charge in [0.1, 0.15) is 0 Å². The zero-order valence-corrected chi connectivity index (χ0v) is 6.14. The van der Waals surface area contributed by atoms with Gasteiger partial charge in [-0.15, -0.1) is 0 Å². The van der Waals surface area contributed by atoms with Crippen molar-refractivity contribution < 1.29 is 9.73 Å². The molecule has 0 aliphatic carbocycles. The molecule has 0 aliphatic heterocycles. The molecule has 2 rings (SSSR count). The van der Waals surface area contributed by atoms with Crippen molar-refractivity contribution in [3.8, 4) is 0 Å². The van der Waals surface area contributed by atoms with E-state index in [9.17, 15) is 0 Å². The summed E-state index contributed by atoms with van der Waals surface area (Å²) in [4.78, 5) is 0. The van der Waals surface area contributed by atoms with Crippen molar-refractivity contribution in [3.63, 3.8) is 0 Å².